The van der Waals surface area contributed by atoms with E-state index in [1.165, 1.54) is 27.9 Å². The van der Waals surface area contributed by atoms with Crippen molar-refractivity contribution < 1.29 is 4.57 Å². The Morgan fingerprint density at radius 2 is 1.32 bits per heavy atom. The summed E-state index contributed by atoms with van der Waals surface area (Å²) in [6.45, 7) is 15.8. The number of rotatable bonds is 1. The summed E-state index contributed by atoms with van der Waals surface area (Å²) in [7, 11) is 2.15. The molecule has 0 unspecified atom stereocenters. The summed E-state index contributed by atoms with van der Waals surface area (Å²) in [5, 5.41) is 0. The molecule has 0 radical (unpaired) electrons. The fourth-order valence-electron chi connectivity index (χ4n) is 2.70. The lowest BCUT2D eigenvalue weighted by molar-refractivity contribution is -0.661. The zero-order valence-electron chi connectivity index (χ0n) is 15.4. The highest BCUT2D eigenvalue weighted by atomic mass is 14.9. The summed E-state index contributed by atoms with van der Waals surface area (Å²) >= 11 is 0. The molecule has 0 aliphatic heterocycles. The van der Waals surface area contributed by atoms with Crippen LogP contribution in [0.1, 0.15) is 58.2 Å². The molecular formula is C21H30N+. The minimum atomic E-state index is 0.173. The first kappa shape index (κ1) is 16.7. The van der Waals surface area contributed by atoms with Crippen molar-refractivity contribution in [2.45, 2.75) is 59.3 Å². The Balaban J connectivity index is 2.57. The molecular weight excluding hydrogens is 266 g/mol. The maximum Gasteiger partial charge on any atom is 0.212 e. The van der Waals surface area contributed by atoms with Crippen LogP contribution in [0.5, 0.6) is 0 Å². The Hall–Kier alpha value is -1.63. The van der Waals surface area contributed by atoms with Crippen LogP contribution in [0.25, 0.3) is 11.3 Å². The lowest BCUT2D eigenvalue weighted by Crippen LogP contribution is -2.33. The summed E-state index contributed by atoms with van der Waals surface area (Å²) in [5.41, 5.74) is 7.03. The summed E-state index contributed by atoms with van der Waals surface area (Å²) in [6.07, 6.45) is 2.26. The SMILES string of the molecule is Cc1ccc(C(C)(C)C)cc1-c1ccc(C(C)(C)C)c[n+]1C. The van der Waals surface area contributed by atoms with Crippen LogP contribution in [-0.4, -0.2) is 0 Å². The van der Waals surface area contributed by atoms with Gasteiger partial charge >= 0.3 is 0 Å². The smallest absolute Gasteiger partial charge is 0.201 e. The second-order valence-electron chi connectivity index (χ2n) is 8.44. The molecule has 118 valence electrons. The summed E-state index contributed by atoms with van der Waals surface area (Å²) in [5.74, 6) is 0. The molecule has 0 saturated carbocycles. The minimum Gasteiger partial charge on any atom is -0.201 e. The van der Waals surface area contributed by atoms with Crippen molar-refractivity contribution in [3.63, 3.8) is 0 Å². The van der Waals surface area contributed by atoms with E-state index in [2.05, 4.69) is 96.6 Å². The van der Waals surface area contributed by atoms with E-state index in [1.54, 1.807) is 0 Å². The molecule has 0 saturated heterocycles. The zero-order valence-corrected chi connectivity index (χ0v) is 15.4. The van der Waals surface area contributed by atoms with Crippen LogP contribution in [0.3, 0.4) is 0 Å². The minimum absolute atomic E-state index is 0.173. The van der Waals surface area contributed by atoms with Gasteiger partial charge in [0, 0.05) is 17.2 Å². The Kier molecular flexibility index (Phi) is 4.21. The quantitative estimate of drug-likeness (QED) is 0.646. The van der Waals surface area contributed by atoms with Crippen molar-refractivity contribution >= 4 is 0 Å². The van der Waals surface area contributed by atoms with Crippen LogP contribution in [0.4, 0.5) is 0 Å². The maximum absolute atomic E-state index is 2.35. The fraction of sp³-hybridized carbons (Fsp3) is 0.476. The van der Waals surface area contributed by atoms with Crippen molar-refractivity contribution in [2.24, 2.45) is 7.05 Å². The van der Waals surface area contributed by atoms with Crippen LogP contribution < -0.4 is 4.57 Å². The molecule has 1 heteroatoms. The standard InChI is InChI=1S/C21H30N/c1-15-9-10-16(20(2,3)4)13-18(15)19-12-11-17(14-22(19)8)21(5,6)7/h9-14H,1-8H3/q+1. The van der Waals surface area contributed by atoms with Gasteiger partial charge in [-0.2, -0.15) is 0 Å². The molecule has 2 rings (SSSR count). The van der Waals surface area contributed by atoms with Gasteiger partial charge in [-0.1, -0.05) is 53.7 Å². The van der Waals surface area contributed by atoms with E-state index < -0.39 is 0 Å². The first-order valence-electron chi connectivity index (χ1n) is 8.12. The number of hydrogen-bond donors (Lipinski definition) is 0. The maximum atomic E-state index is 2.35. The van der Waals surface area contributed by atoms with Crippen molar-refractivity contribution in [1.82, 2.24) is 0 Å². The number of aromatic nitrogens is 1. The van der Waals surface area contributed by atoms with Gasteiger partial charge < -0.3 is 0 Å². The van der Waals surface area contributed by atoms with Crippen molar-refractivity contribution in [2.75, 3.05) is 0 Å². The first-order chi connectivity index (χ1) is 10.00. The first-order valence-corrected chi connectivity index (χ1v) is 8.12. The molecule has 0 amide bonds. The predicted octanol–water partition coefficient (Wildman–Crippen LogP) is 5.08. The molecule has 1 heterocycles. The molecule has 0 bridgehead atoms. The lowest BCUT2D eigenvalue weighted by atomic mass is 9.84. The van der Waals surface area contributed by atoms with E-state index >= 15 is 0 Å². The predicted molar refractivity (Wildman–Crippen MR) is 95.2 cm³/mol. The highest BCUT2D eigenvalue weighted by Crippen LogP contribution is 2.29. The van der Waals surface area contributed by atoms with E-state index in [-0.39, 0.29) is 10.8 Å². The molecule has 0 aliphatic rings. The second-order valence-corrected chi connectivity index (χ2v) is 8.44. The van der Waals surface area contributed by atoms with Crippen molar-refractivity contribution in [1.29, 1.82) is 0 Å². The number of hydrogen-bond acceptors (Lipinski definition) is 0. The van der Waals surface area contributed by atoms with Gasteiger partial charge in [-0.15, -0.1) is 0 Å². The third-order valence-corrected chi connectivity index (χ3v) is 4.38. The Labute approximate surface area is 136 Å². The molecule has 0 N–H and O–H groups in total. The van der Waals surface area contributed by atoms with Crippen LogP contribution >= 0.6 is 0 Å². The number of aryl methyl sites for hydroxylation is 2. The Morgan fingerprint density at radius 3 is 1.82 bits per heavy atom. The Bertz CT molecular complexity index is 682. The van der Waals surface area contributed by atoms with Gasteiger partial charge in [-0.3, -0.25) is 0 Å². The topological polar surface area (TPSA) is 3.88 Å². The lowest BCUT2D eigenvalue weighted by Gasteiger charge is -2.21. The van der Waals surface area contributed by atoms with Crippen LogP contribution in [0, 0.1) is 6.92 Å². The number of benzene rings is 1. The average Bonchev–Trinajstić information content (AvgIpc) is 2.37. The van der Waals surface area contributed by atoms with Gasteiger partial charge in [0.15, 0.2) is 6.20 Å². The zero-order chi connectivity index (χ0) is 16.7. The van der Waals surface area contributed by atoms with Gasteiger partial charge in [0.2, 0.25) is 5.69 Å². The van der Waals surface area contributed by atoms with Crippen LogP contribution in [0.2, 0.25) is 0 Å². The molecule has 1 nitrogen and oxygen atoms in total. The summed E-state index contributed by atoms with van der Waals surface area (Å²) < 4.78 is 2.26. The molecule has 0 spiro atoms. The molecule has 22 heavy (non-hydrogen) atoms. The molecule has 2 aromatic rings. The summed E-state index contributed by atoms with van der Waals surface area (Å²) in [6, 6.07) is 11.4. The van der Waals surface area contributed by atoms with Crippen molar-refractivity contribution in [3.05, 3.63) is 53.2 Å². The monoisotopic (exact) mass is 296 g/mol. The Morgan fingerprint density at radius 1 is 0.773 bits per heavy atom. The third kappa shape index (κ3) is 3.40. The fourth-order valence-corrected chi connectivity index (χ4v) is 2.70. The molecule has 0 atom stereocenters. The normalized spacial score (nSPS) is 12.5. The van der Waals surface area contributed by atoms with Gasteiger partial charge in [0.25, 0.3) is 0 Å². The second kappa shape index (κ2) is 5.53. The largest absolute Gasteiger partial charge is 0.212 e. The highest BCUT2D eigenvalue weighted by Gasteiger charge is 2.21. The van der Waals surface area contributed by atoms with Crippen LogP contribution in [-0.2, 0) is 17.9 Å². The number of nitrogens with zero attached hydrogens (tertiary/aromatic N) is 1. The number of pyridine rings is 1. The molecule has 0 fully saturated rings. The van der Waals surface area contributed by atoms with Crippen LogP contribution in [0.15, 0.2) is 36.5 Å². The van der Waals surface area contributed by atoms with Gasteiger partial charge in [0.1, 0.15) is 7.05 Å². The van der Waals surface area contributed by atoms with Gasteiger partial charge in [-0.25, -0.2) is 4.57 Å². The van der Waals surface area contributed by atoms with E-state index in [0.717, 1.165) is 0 Å². The molecule has 1 aromatic carbocycles. The molecule has 1 aromatic heterocycles. The average molecular weight is 296 g/mol. The van der Waals surface area contributed by atoms with E-state index in [1.807, 2.05) is 0 Å². The van der Waals surface area contributed by atoms with E-state index in [9.17, 15) is 0 Å². The molecule has 0 aliphatic carbocycles. The third-order valence-electron chi connectivity index (χ3n) is 4.38. The van der Waals surface area contributed by atoms with Crippen molar-refractivity contribution in [3.8, 4) is 11.3 Å². The van der Waals surface area contributed by atoms with Gasteiger partial charge in [-0.05, 0) is 41.0 Å². The highest BCUT2D eigenvalue weighted by molar-refractivity contribution is 5.62. The summed E-state index contributed by atoms with van der Waals surface area (Å²) in [4.78, 5) is 0. The van der Waals surface area contributed by atoms with E-state index in [4.69, 9.17) is 0 Å². The van der Waals surface area contributed by atoms with E-state index in [0.29, 0.717) is 0 Å². The van der Waals surface area contributed by atoms with Gasteiger partial charge in [0.05, 0.1) is 0 Å².